The third kappa shape index (κ3) is 13.6. The van der Waals surface area contributed by atoms with Gasteiger partial charge in [0.15, 0.2) is 5.82 Å². The Morgan fingerprint density at radius 3 is 1.91 bits per heavy atom. The topological polar surface area (TPSA) is 167 Å². The van der Waals surface area contributed by atoms with Crippen LogP contribution in [-0.2, 0) is 33.3 Å². The van der Waals surface area contributed by atoms with E-state index in [1.807, 2.05) is 36.2 Å². The number of amides is 3. The van der Waals surface area contributed by atoms with E-state index in [0.29, 0.717) is 103 Å². The highest BCUT2D eigenvalue weighted by molar-refractivity contribution is 6.12. The molecular weight excluding hydrogens is 574 g/mol. The van der Waals surface area contributed by atoms with Gasteiger partial charge in [-0.05, 0) is 38.2 Å². The lowest BCUT2D eigenvalue weighted by molar-refractivity contribution is -0.137. The molecule has 1 aliphatic rings. The lowest BCUT2D eigenvalue weighted by Crippen LogP contribution is -2.39. The van der Waals surface area contributed by atoms with E-state index >= 15 is 0 Å². The predicted molar refractivity (Wildman–Crippen MR) is 158 cm³/mol. The van der Waals surface area contributed by atoms with Crippen LogP contribution in [0.15, 0.2) is 36.4 Å². The van der Waals surface area contributed by atoms with Crippen molar-refractivity contribution < 1.29 is 38.1 Å². The summed E-state index contributed by atoms with van der Waals surface area (Å²) in [5, 5.41) is 18.7. The van der Waals surface area contributed by atoms with Crippen molar-refractivity contribution in [3.05, 3.63) is 42.2 Å². The summed E-state index contributed by atoms with van der Waals surface area (Å²) in [4.78, 5) is 38.2. The minimum Gasteiger partial charge on any atom is -0.491 e. The molecule has 1 aromatic carbocycles. The van der Waals surface area contributed by atoms with Crippen LogP contribution < -0.4 is 10.1 Å². The summed E-state index contributed by atoms with van der Waals surface area (Å²) in [6, 6.07) is 7.37. The molecule has 2 aromatic rings. The van der Waals surface area contributed by atoms with Gasteiger partial charge in [0.2, 0.25) is 11.7 Å². The summed E-state index contributed by atoms with van der Waals surface area (Å²) in [6.45, 7) is 7.40. The SMILES string of the molecule is Cc1nnc(-c2ccc(OCCOCCOCCOCCOCCC(=O)NCCN(C)CCN3C(=O)C=CC3=O)cc2)nn1. The average molecular weight is 616 g/mol. The van der Waals surface area contributed by atoms with Gasteiger partial charge in [0.05, 0.1) is 52.9 Å². The van der Waals surface area contributed by atoms with E-state index in [9.17, 15) is 14.4 Å². The van der Waals surface area contributed by atoms with Gasteiger partial charge in [-0.2, -0.15) is 0 Å². The standard InChI is InChI=1S/C29H41N7O8/c1-23-31-33-29(34-32-23)24-3-5-25(6-4-24)44-22-21-43-20-19-42-18-17-41-16-15-40-14-9-26(37)30-10-11-35(2)12-13-36-27(38)7-8-28(36)39/h3-8H,9-22H2,1-2H3,(H,30,37). The van der Waals surface area contributed by atoms with E-state index < -0.39 is 0 Å². The smallest absolute Gasteiger partial charge is 0.253 e. The van der Waals surface area contributed by atoms with Crippen LogP contribution in [0, 0.1) is 6.92 Å². The van der Waals surface area contributed by atoms with E-state index in [-0.39, 0.29) is 24.1 Å². The number of rotatable bonds is 23. The molecule has 3 rings (SSSR count). The normalized spacial score (nSPS) is 12.8. The second-order valence-electron chi connectivity index (χ2n) is 9.66. The van der Waals surface area contributed by atoms with Crippen LogP contribution in [0.2, 0.25) is 0 Å². The summed E-state index contributed by atoms with van der Waals surface area (Å²) in [5.74, 6) is 1.02. The van der Waals surface area contributed by atoms with Crippen LogP contribution in [0.1, 0.15) is 12.2 Å². The zero-order valence-corrected chi connectivity index (χ0v) is 25.3. The second-order valence-corrected chi connectivity index (χ2v) is 9.66. The quantitative estimate of drug-likeness (QED) is 0.132. The molecule has 0 saturated carbocycles. The van der Waals surface area contributed by atoms with Crippen LogP contribution in [0.25, 0.3) is 11.4 Å². The van der Waals surface area contributed by atoms with Crippen molar-refractivity contribution >= 4 is 17.7 Å². The fourth-order valence-corrected chi connectivity index (χ4v) is 3.75. The van der Waals surface area contributed by atoms with E-state index in [0.717, 1.165) is 5.56 Å². The number of imide groups is 1. The van der Waals surface area contributed by atoms with Gasteiger partial charge in [-0.3, -0.25) is 19.3 Å². The number of benzene rings is 1. The van der Waals surface area contributed by atoms with Crippen LogP contribution in [-0.4, -0.2) is 141 Å². The molecule has 0 unspecified atom stereocenters. The highest BCUT2D eigenvalue weighted by atomic mass is 16.6. The van der Waals surface area contributed by atoms with Crippen molar-refractivity contribution in [2.24, 2.45) is 0 Å². The minimum atomic E-state index is -0.290. The van der Waals surface area contributed by atoms with Gasteiger partial charge in [-0.25, -0.2) is 0 Å². The molecule has 15 heteroatoms. The fourth-order valence-electron chi connectivity index (χ4n) is 3.75. The summed E-state index contributed by atoms with van der Waals surface area (Å²) in [7, 11) is 1.87. The minimum absolute atomic E-state index is 0.102. The van der Waals surface area contributed by atoms with Gasteiger partial charge in [0.1, 0.15) is 12.4 Å². The zero-order chi connectivity index (χ0) is 31.4. The Morgan fingerprint density at radius 1 is 0.773 bits per heavy atom. The number of hydrogen-bond donors (Lipinski definition) is 1. The summed E-state index contributed by atoms with van der Waals surface area (Å²) in [5.41, 5.74) is 0.809. The summed E-state index contributed by atoms with van der Waals surface area (Å²) < 4.78 is 27.6. The van der Waals surface area contributed by atoms with Crippen LogP contribution in [0.4, 0.5) is 0 Å². The molecule has 240 valence electrons. The Balaban J connectivity index is 1.04. The fraction of sp³-hybridized carbons (Fsp3) is 0.552. The molecule has 0 radical (unpaired) electrons. The Labute approximate surface area is 256 Å². The molecule has 2 heterocycles. The third-order valence-corrected chi connectivity index (χ3v) is 6.20. The van der Waals surface area contributed by atoms with Crippen molar-refractivity contribution in [2.45, 2.75) is 13.3 Å². The molecule has 0 spiro atoms. The van der Waals surface area contributed by atoms with Gasteiger partial charge in [0, 0.05) is 50.3 Å². The first-order valence-corrected chi connectivity index (χ1v) is 14.5. The number of carbonyl (C=O) groups excluding carboxylic acids is 3. The van der Waals surface area contributed by atoms with Gasteiger partial charge >= 0.3 is 0 Å². The number of ether oxygens (including phenoxy) is 5. The number of nitrogens with zero attached hydrogens (tertiary/aromatic N) is 6. The van der Waals surface area contributed by atoms with Crippen LogP contribution in [0.3, 0.4) is 0 Å². The molecule has 3 amide bonds. The maximum atomic E-state index is 11.9. The maximum absolute atomic E-state index is 11.9. The first-order chi connectivity index (χ1) is 21.4. The number of carbonyl (C=O) groups is 3. The van der Waals surface area contributed by atoms with Crippen molar-refractivity contribution in [3.8, 4) is 17.1 Å². The van der Waals surface area contributed by atoms with Crippen molar-refractivity contribution in [1.29, 1.82) is 0 Å². The molecule has 15 nitrogen and oxygen atoms in total. The van der Waals surface area contributed by atoms with Crippen molar-refractivity contribution in [2.75, 3.05) is 92.7 Å². The van der Waals surface area contributed by atoms with Crippen LogP contribution in [0.5, 0.6) is 5.75 Å². The number of aryl methyl sites for hydroxylation is 1. The molecule has 0 fully saturated rings. The lowest BCUT2D eigenvalue weighted by atomic mass is 10.2. The van der Waals surface area contributed by atoms with E-state index in [1.54, 1.807) is 6.92 Å². The monoisotopic (exact) mass is 615 g/mol. The number of nitrogens with one attached hydrogen (secondary N) is 1. The molecule has 1 aliphatic heterocycles. The van der Waals surface area contributed by atoms with E-state index in [2.05, 4.69) is 25.7 Å². The maximum Gasteiger partial charge on any atom is 0.253 e. The predicted octanol–water partition coefficient (Wildman–Crippen LogP) is 0.0503. The van der Waals surface area contributed by atoms with Gasteiger partial charge in [-0.1, -0.05) is 0 Å². The molecular formula is C29H41N7O8. The zero-order valence-electron chi connectivity index (χ0n) is 25.3. The molecule has 44 heavy (non-hydrogen) atoms. The first kappa shape index (κ1) is 34.6. The molecule has 0 atom stereocenters. The Bertz CT molecular complexity index is 1160. The van der Waals surface area contributed by atoms with Gasteiger partial charge in [0.25, 0.3) is 11.8 Å². The highest BCUT2D eigenvalue weighted by Gasteiger charge is 2.22. The van der Waals surface area contributed by atoms with Gasteiger partial charge < -0.3 is 33.9 Å². The first-order valence-electron chi connectivity index (χ1n) is 14.5. The van der Waals surface area contributed by atoms with Crippen LogP contribution >= 0.6 is 0 Å². The van der Waals surface area contributed by atoms with Gasteiger partial charge in [-0.15, -0.1) is 20.4 Å². The summed E-state index contributed by atoms with van der Waals surface area (Å²) >= 11 is 0. The van der Waals surface area contributed by atoms with E-state index in [4.69, 9.17) is 23.7 Å². The molecule has 0 saturated heterocycles. The summed E-state index contributed by atoms with van der Waals surface area (Å²) in [6.07, 6.45) is 2.80. The largest absolute Gasteiger partial charge is 0.491 e. The number of likely N-dealkylation sites (N-methyl/N-ethyl adjacent to an activating group) is 1. The highest BCUT2D eigenvalue weighted by Crippen LogP contribution is 2.18. The second kappa shape index (κ2) is 20.1. The third-order valence-electron chi connectivity index (χ3n) is 6.20. The Kier molecular flexibility index (Phi) is 15.8. The Hall–Kier alpha value is -3.89. The van der Waals surface area contributed by atoms with E-state index in [1.165, 1.54) is 17.1 Å². The molecule has 1 N–H and O–H groups in total. The molecule has 1 aromatic heterocycles. The average Bonchev–Trinajstić information content (AvgIpc) is 3.35. The molecule has 0 bridgehead atoms. The van der Waals surface area contributed by atoms with Crippen molar-refractivity contribution in [3.63, 3.8) is 0 Å². The number of hydrogen-bond acceptors (Lipinski definition) is 13. The molecule has 0 aliphatic carbocycles. The van der Waals surface area contributed by atoms with Crippen molar-refractivity contribution in [1.82, 2.24) is 35.5 Å². The lowest BCUT2D eigenvalue weighted by Gasteiger charge is -2.20. The number of aromatic nitrogens is 4. The Morgan fingerprint density at radius 2 is 1.32 bits per heavy atom.